The SMILES string of the molecule is C.COCCOC1C(c2ccc(C(=O)N(c3ncccc3C)[C@@H]3CCCNC3)cc2)=NOC1(C)C.COCCO[C@@H]1C(c2ccc(C(=O)N(c3ncccc3C)[C@@H]3CCCNC3)cc2)=NOC1(C)C.COCCO[C@H]1C(c2ccc(C(=O)N(c3ncccc3C)[C@@H]3CCCNC3)cc2)=NOC1(C)C.[CH3-].[CH3-].[CH3-].[CH3-].[CH3-].[W].[W].[W].[W].[W]. The van der Waals surface area contributed by atoms with Gasteiger partial charge in [-0.1, -0.05) is 77.5 Å². The van der Waals surface area contributed by atoms with Gasteiger partial charge in [-0.25, -0.2) is 15.0 Å². The van der Waals surface area contributed by atoms with Crippen LogP contribution >= 0.6 is 0 Å². The number of benzene rings is 3. The van der Waals surface area contributed by atoms with Gasteiger partial charge in [-0.15, -0.1) is 0 Å². The summed E-state index contributed by atoms with van der Waals surface area (Å²) < 4.78 is 33.4. The standard InChI is InChI=1S/3C26H34N4O4.CH4.5CH3.5W/c3*1-18-7-5-14-28-24(18)30(21-8-6-13-27-17-21)25(31)20-11-9-19(10-12-20)22-23(33-16-15-32-4)26(2,3)34-29-22;;;;;;;;;;;/h3*5,7,9-12,14,21,23,27H,6,8,13,15-17H2,1-4H3;1H4;5*1H3;;;;;/q;;;;5*-1;;;;;/t21-,23?;21-,23+;21-,23-;;;;;;;;;;;/m111.........../s1. The number of methoxy groups -OCH3 is 3. The van der Waals surface area contributed by atoms with Crippen LogP contribution in [0, 0.1) is 57.9 Å². The van der Waals surface area contributed by atoms with E-state index < -0.39 is 16.8 Å². The van der Waals surface area contributed by atoms with Crippen molar-refractivity contribution < 1.29 is 163 Å². The monoisotopic (exact) mass is 2410 g/mol. The summed E-state index contributed by atoms with van der Waals surface area (Å²) in [6.07, 6.45) is 10.1. The first-order valence-corrected chi connectivity index (χ1v) is 35.6. The first-order valence-electron chi connectivity index (χ1n) is 35.6. The van der Waals surface area contributed by atoms with Crippen molar-refractivity contribution in [3.05, 3.63) is 215 Å². The summed E-state index contributed by atoms with van der Waals surface area (Å²) in [6.45, 7) is 25.7. The van der Waals surface area contributed by atoms with Crippen molar-refractivity contribution in [1.29, 1.82) is 0 Å². The number of rotatable bonds is 24. The summed E-state index contributed by atoms with van der Waals surface area (Å²) in [4.78, 5) is 77.4. The number of hydrogen-bond acceptors (Lipinski definition) is 21. The molecule has 0 radical (unpaired) electrons. The summed E-state index contributed by atoms with van der Waals surface area (Å²) in [6, 6.07) is 34.4. The summed E-state index contributed by atoms with van der Waals surface area (Å²) in [5.74, 6) is 1.98. The van der Waals surface area contributed by atoms with Crippen LogP contribution in [0.25, 0.3) is 0 Å². The maximum absolute atomic E-state index is 13.7. The molecule has 29 heteroatoms. The van der Waals surface area contributed by atoms with E-state index in [4.69, 9.17) is 42.9 Å². The third kappa shape index (κ3) is 28.1. The van der Waals surface area contributed by atoms with E-state index in [1.807, 2.05) is 186 Å². The number of hydrogen-bond donors (Lipinski definition) is 3. The Balaban J connectivity index is 0. The number of piperidine rings is 3. The van der Waals surface area contributed by atoms with E-state index in [1.165, 1.54) is 0 Å². The maximum Gasteiger partial charge on any atom is 0.259 e. The predicted octanol–water partition coefficient (Wildman–Crippen LogP) is 12.9. The van der Waals surface area contributed by atoms with Crippen LogP contribution in [-0.4, -0.2) is 203 Å². The molecule has 3 amide bonds. The van der Waals surface area contributed by atoms with Gasteiger partial charge in [0, 0.05) is 198 Å². The van der Waals surface area contributed by atoms with Gasteiger partial charge in [0.2, 0.25) is 0 Å². The van der Waals surface area contributed by atoms with Crippen LogP contribution in [-0.2, 0) is 148 Å². The molecule has 3 aromatic carbocycles. The zero-order valence-electron chi connectivity index (χ0n) is 68.3. The normalized spacial score (nSPS) is 19.5. The van der Waals surface area contributed by atoms with Crippen molar-refractivity contribution in [3.63, 3.8) is 0 Å². The second kappa shape index (κ2) is 52.7. The Morgan fingerprint density at radius 2 is 0.637 bits per heavy atom. The number of ether oxygens (including phenoxy) is 6. The van der Waals surface area contributed by atoms with Crippen LogP contribution in [0.15, 0.2) is 143 Å². The Morgan fingerprint density at radius 1 is 0.398 bits per heavy atom. The second-order valence-corrected chi connectivity index (χ2v) is 27.9. The van der Waals surface area contributed by atoms with Crippen LogP contribution in [0.2, 0.25) is 0 Å². The van der Waals surface area contributed by atoms with E-state index in [9.17, 15) is 14.4 Å². The number of pyridine rings is 3. The number of aryl methyl sites for hydroxylation is 3. The van der Waals surface area contributed by atoms with Crippen molar-refractivity contribution in [2.75, 3.05) is 115 Å². The number of carbonyl (C=O) groups excluding carboxylic acids is 3. The molecular formula is C84H121N12O12W5-5. The first kappa shape index (κ1) is 110. The fraction of sp³-hybridized carbons (Fsp3) is 0.476. The van der Waals surface area contributed by atoms with E-state index in [0.717, 1.165) is 111 Å². The molecule has 0 spiro atoms. The van der Waals surface area contributed by atoms with Crippen molar-refractivity contribution in [3.8, 4) is 0 Å². The molecule has 6 aliphatic rings. The van der Waals surface area contributed by atoms with Crippen LogP contribution in [0.5, 0.6) is 0 Å². The molecule has 9 heterocycles. The second-order valence-electron chi connectivity index (χ2n) is 27.9. The number of carbonyl (C=O) groups is 3. The molecule has 6 aliphatic heterocycles. The van der Waals surface area contributed by atoms with Crippen molar-refractivity contribution >= 4 is 52.3 Å². The number of nitrogens with one attached hydrogen (secondary N) is 3. The average Bonchev–Trinajstić information content (AvgIpc) is 1.61. The van der Waals surface area contributed by atoms with Crippen LogP contribution in [0.3, 0.4) is 0 Å². The summed E-state index contributed by atoms with van der Waals surface area (Å²) in [5.41, 5.74) is 7.75. The Hall–Kier alpha value is -4.99. The van der Waals surface area contributed by atoms with Gasteiger partial charge in [0.15, 0.2) is 16.8 Å². The topological polar surface area (TPSA) is 256 Å². The maximum atomic E-state index is 13.7. The van der Waals surface area contributed by atoms with E-state index in [2.05, 4.69) is 46.4 Å². The number of aromatic nitrogens is 3. The van der Waals surface area contributed by atoms with Gasteiger partial charge in [-0.3, -0.25) is 29.1 Å². The van der Waals surface area contributed by atoms with Gasteiger partial charge in [0.05, 0.1) is 57.8 Å². The molecule has 3 saturated heterocycles. The van der Waals surface area contributed by atoms with Gasteiger partial charge >= 0.3 is 0 Å². The summed E-state index contributed by atoms with van der Waals surface area (Å²) >= 11 is 0. The van der Waals surface area contributed by atoms with E-state index in [1.54, 1.807) is 39.9 Å². The summed E-state index contributed by atoms with van der Waals surface area (Å²) in [7, 11) is 4.93. The third-order valence-corrected chi connectivity index (χ3v) is 19.0. The van der Waals surface area contributed by atoms with Crippen LogP contribution < -0.4 is 30.7 Å². The molecule has 113 heavy (non-hydrogen) atoms. The molecule has 12 rings (SSSR count). The fourth-order valence-electron chi connectivity index (χ4n) is 13.4. The molecule has 0 aliphatic carbocycles. The minimum Gasteiger partial charge on any atom is -0.386 e. The van der Waals surface area contributed by atoms with Gasteiger partial charge in [-0.2, -0.15) is 0 Å². The number of anilines is 3. The molecule has 624 valence electrons. The van der Waals surface area contributed by atoms with Crippen LogP contribution in [0.4, 0.5) is 17.5 Å². The van der Waals surface area contributed by atoms with E-state index in [-0.39, 0.29) is 204 Å². The quantitative estimate of drug-likeness (QED) is 0.0376. The molecule has 0 saturated carbocycles. The smallest absolute Gasteiger partial charge is 0.259 e. The Kier molecular flexibility index (Phi) is 51.4. The number of nitrogens with zero attached hydrogens (tertiary/aromatic N) is 9. The third-order valence-electron chi connectivity index (χ3n) is 19.0. The molecule has 24 nitrogen and oxygen atoms in total. The minimum absolute atomic E-state index is 0. The average molecular weight is 2410 g/mol. The molecule has 3 fully saturated rings. The van der Waals surface area contributed by atoms with Crippen molar-refractivity contribution in [1.82, 2.24) is 30.9 Å². The Labute approximate surface area is 746 Å². The molecule has 6 aromatic rings. The number of oxime groups is 3. The van der Waals surface area contributed by atoms with Crippen molar-refractivity contribution in [2.45, 2.75) is 162 Å². The minimum atomic E-state index is -0.584. The van der Waals surface area contributed by atoms with Gasteiger partial charge in [0.1, 0.15) is 52.9 Å². The Morgan fingerprint density at radius 3 is 0.841 bits per heavy atom. The van der Waals surface area contributed by atoms with Gasteiger partial charge in [0.25, 0.3) is 17.7 Å². The molecule has 3 N–H and O–H groups in total. The largest absolute Gasteiger partial charge is 0.386 e. The van der Waals surface area contributed by atoms with Gasteiger partial charge in [-0.05, 0) is 192 Å². The predicted molar refractivity (Wildman–Crippen MR) is 433 cm³/mol. The molecule has 1 unspecified atom stereocenters. The molecule has 3 aromatic heterocycles. The van der Waals surface area contributed by atoms with Crippen molar-refractivity contribution in [2.24, 2.45) is 15.5 Å². The molecular weight excluding hydrogens is 2290 g/mol. The van der Waals surface area contributed by atoms with Gasteiger partial charge < -0.3 is 96.0 Å². The zero-order valence-corrected chi connectivity index (χ0v) is 82.9. The summed E-state index contributed by atoms with van der Waals surface area (Å²) in [5, 5.41) is 23.1. The Bertz CT molecular complexity index is 3470. The van der Waals surface area contributed by atoms with E-state index in [0.29, 0.717) is 90.9 Å². The van der Waals surface area contributed by atoms with Crippen LogP contribution in [0.1, 0.15) is 152 Å². The first-order chi connectivity index (χ1) is 49.3. The fourth-order valence-corrected chi connectivity index (χ4v) is 13.4. The van der Waals surface area contributed by atoms with E-state index >= 15 is 0 Å². The molecule has 0 bridgehead atoms. The zero-order chi connectivity index (χ0) is 72.4. The molecule has 6 atom stereocenters. The number of amides is 3.